The molecule has 25 heavy (non-hydrogen) atoms. The average Bonchev–Trinajstić information content (AvgIpc) is 3.03. The maximum atomic E-state index is 12.5. The molecule has 3 rings (SSSR count). The molecule has 0 amide bonds. The summed E-state index contributed by atoms with van der Waals surface area (Å²) in [6.45, 7) is 4.01. The fraction of sp³-hybridized carbons (Fsp3) is 0.250. The lowest BCUT2D eigenvalue weighted by molar-refractivity contribution is -0.159. The number of halogens is 3. The third kappa shape index (κ3) is 4.11. The van der Waals surface area contributed by atoms with Gasteiger partial charge in [-0.25, -0.2) is 4.98 Å². The molecule has 6 nitrogen and oxygen atoms in total. The van der Waals surface area contributed by atoms with Crippen molar-refractivity contribution in [3.63, 3.8) is 0 Å². The van der Waals surface area contributed by atoms with Gasteiger partial charge >= 0.3 is 12.1 Å². The molecule has 0 aromatic carbocycles. The molecule has 0 aliphatic carbocycles. The van der Waals surface area contributed by atoms with Crippen molar-refractivity contribution < 1.29 is 22.4 Å². The van der Waals surface area contributed by atoms with Crippen LogP contribution in [-0.4, -0.2) is 20.1 Å². The average molecular weight is 350 g/mol. The van der Waals surface area contributed by atoms with E-state index in [0.29, 0.717) is 5.56 Å². The van der Waals surface area contributed by atoms with Crippen molar-refractivity contribution in [2.75, 3.05) is 0 Å². The van der Waals surface area contributed by atoms with Crippen LogP contribution in [0.15, 0.2) is 35.0 Å². The molecule has 0 unspecified atom stereocenters. The molecule has 9 heteroatoms. The molecule has 3 aromatic heterocycles. The minimum absolute atomic E-state index is 0.180. The Balaban J connectivity index is 1.76. The van der Waals surface area contributed by atoms with Crippen LogP contribution in [0.4, 0.5) is 13.2 Å². The number of aromatic nitrogens is 4. The predicted octanol–water partition coefficient (Wildman–Crippen LogP) is 3.74. The largest absolute Gasteiger partial charge is 0.471 e. The lowest BCUT2D eigenvalue weighted by Gasteiger charge is -2.07. The second-order valence-corrected chi connectivity index (χ2v) is 5.37. The van der Waals surface area contributed by atoms with Gasteiger partial charge in [0.1, 0.15) is 6.61 Å². The van der Waals surface area contributed by atoms with Crippen LogP contribution in [0.1, 0.15) is 22.8 Å². The topological polar surface area (TPSA) is 73.9 Å². The van der Waals surface area contributed by atoms with Crippen molar-refractivity contribution in [1.82, 2.24) is 20.1 Å². The van der Waals surface area contributed by atoms with Gasteiger partial charge in [-0.3, -0.25) is 4.98 Å². The van der Waals surface area contributed by atoms with E-state index in [9.17, 15) is 13.2 Å². The number of nitrogens with zero attached hydrogens (tertiary/aromatic N) is 4. The lowest BCUT2D eigenvalue weighted by atomic mass is 10.2. The van der Waals surface area contributed by atoms with E-state index in [1.807, 2.05) is 26.0 Å². The van der Waals surface area contributed by atoms with E-state index in [1.54, 1.807) is 0 Å². The zero-order valence-electron chi connectivity index (χ0n) is 13.3. The Morgan fingerprint density at radius 3 is 2.60 bits per heavy atom. The highest BCUT2D eigenvalue weighted by molar-refractivity contribution is 5.55. The minimum Gasteiger partial charge on any atom is -0.471 e. The van der Waals surface area contributed by atoms with Crippen LogP contribution in [-0.2, 0) is 12.8 Å². The summed E-state index contributed by atoms with van der Waals surface area (Å²) in [6.07, 6.45) is -3.30. The summed E-state index contributed by atoms with van der Waals surface area (Å²) >= 11 is 0. The summed E-state index contributed by atoms with van der Waals surface area (Å²) in [5.41, 5.74) is 2.95. The van der Waals surface area contributed by atoms with Crippen LogP contribution in [0, 0.1) is 13.8 Å². The Hall–Kier alpha value is -2.97. The summed E-state index contributed by atoms with van der Waals surface area (Å²) < 4.78 is 47.4. The smallest absolute Gasteiger partial charge is 0.471 e. The highest BCUT2D eigenvalue weighted by Gasteiger charge is 2.38. The van der Waals surface area contributed by atoms with E-state index in [2.05, 4.69) is 24.6 Å². The van der Waals surface area contributed by atoms with Crippen molar-refractivity contribution in [3.8, 4) is 17.3 Å². The van der Waals surface area contributed by atoms with Gasteiger partial charge in [0.15, 0.2) is 0 Å². The van der Waals surface area contributed by atoms with Crippen LogP contribution in [0.5, 0.6) is 5.88 Å². The van der Waals surface area contributed by atoms with Gasteiger partial charge in [0.25, 0.3) is 0 Å². The van der Waals surface area contributed by atoms with Crippen LogP contribution in [0.3, 0.4) is 0 Å². The summed E-state index contributed by atoms with van der Waals surface area (Å²) in [6, 6.07) is 6.73. The van der Waals surface area contributed by atoms with E-state index in [-0.39, 0.29) is 18.3 Å². The number of hydrogen-bond donors (Lipinski definition) is 0. The van der Waals surface area contributed by atoms with Gasteiger partial charge in [0.2, 0.25) is 11.7 Å². The van der Waals surface area contributed by atoms with Crippen molar-refractivity contribution in [2.45, 2.75) is 26.6 Å². The number of pyridine rings is 2. The number of alkyl halides is 3. The molecule has 0 fully saturated rings. The second-order valence-electron chi connectivity index (χ2n) is 5.37. The molecule has 0 radical (unpaired) electrons. The summed E-state index contributed by atoms with van der Waals surface area (Å²) in [5, 5.41) is 3.33. The maximum absolute atomic E-state index is 12.5. The molecule has 0 N–H and O–H groups in total. The van der Waals surface area contributed by atoms with Crippen molar-refractivity contribution in [1.29, 1.82) is 0 Å². The zero-order chi connectivity index (χ0) is 18.0. The Bertz CT molecular complexity index is 873. The lowest BCUT2D eigenvalue weighted by Crippen LogP contribution is -2.04. The molecule has 3 heterocycles. The van der Waals surface area contributed by atoms with Gasteiger partial charge < -0.3 is 9.26 Å². The van der Waals surface area contributed by atoms with Crippen molar-refractivity contribution in [2.24, 2.45) is 0 Å². The molecule has 0 saturated carbocycles. The van der Waals surface area contributed by atoms with E-state index in [0.717, 1.165) is 17.0 Å². The third-order valence-corrected chi connectivity index (χ3v) is 3.18. The molecular formula is C16H13F3N4O2. The molecule has 3 aromatic rings. The summed E-state index contributed by atoms with van der Waals surface area (Å²) in [7, 11) is 0. The third-order valence-electron chi connectivity index (χ3n) is 3.18. The molecule has 0 aliphatic rings. The SMILES string of the molecule is Cc1cc(C)nc(COc2cc(-c3noc(C(F)(F)F)n3)ccn2)c1. The van der Waals surface area contributed by atoms with Crippen LogP contribution in [0.2, 0.25) is 0 Å². The number of aryl methyl sites for hydroxylation is 2. The number of hydrogen-bond acceptors (Lipinski definition) is 6. The van der Waals surface area contributed by atoms with Crippen LogP contribution >= 0.6 is 0 Å². The Kier molecular flexibility index (Phi) is 4.39. The summed E-state index contributed by atoms with van der Waals surface area (Å²) in [4.78, 5) is 11.7. The first-order chi connectivity index (χ1) is 11.8. The van der Waals surface area contributed by atoms with E-state index in [1.165, 1.54) is 18.3 Å². The van der Waals surface area contributed by atoms with Gasteiger partial charge in [-0.1, -0.05) is 5.16 Å². The molecular weight excluding hydrogens is 337 g/mol. The van der Waals surface area contributed by atoms with Gasteiger partial charge in [-0.05, 0) is 37.6 Å². The van der Waals surface area contributed by atoms with E-state index < -0.39 is 12.1 Å². The molecule has 0 spiro atoms. The number of ether oxygens (including phenoxy) is 1. The first kappa shape index (κ1) is 16.9. The predicted molar refractivity (Wildman–Crippen MR) is 80.6 cm³/mol. The normalized spacial score (nSPS) is 11.6. The first-order valence-electron chi connectivity index (χ1n) is 7.25. The van der Waals surface area contributed by atoms with Gasteiger partial charge in [0.05, 0.1) is 5.69 Å². The second kappa shape index (κ2) is 6.50. The van der Waals surface area contributed by atoms with E-state index >= 15 is 0 Å². The molecule has 0 saturated heterocycles. The Morgan fingerprint density at radius 2 is 1.92 bits per heavy atom. The standard InChI is InChI=1S/C16H13F3N4O2/c1-9-5-10(2)21-12(6-9)8-24-13-7-11(3-4-20-13)14-22-15(25-23-14)16(17,18)19/h3-7H,8H2,1-2H3. The van der Waals surface area contributed by atoms with Gasteiger partial charge in [0, 0.05) is 23.5 Å². The number of rotatable bonds is 4. The molecule has 0 atom stereocenters. The molecule has 0 bridgehead atoms. The summed E-state index contributed by atoms with van der Waals surface area (Å²) in [5.74, 6) is -1.37. The highest BCUT2D eigenvalue weighted by atomic mass is 19.4. The molecule has 0 aliphatic heterocycles. The Morgan fingerprint density at radius 1 is 1.12 bits per heavy atom. The minimum atomic E-state index is -4.69. The monoisotopic (exact) mass is 350 g/mol. The van der Waals surface area contributed by atoms with Crippen LogP contribution in [0.25, 0.3) is 11.4 Å². The quantitative estimate of drug-likeness (QED) is 0.714. The highest BCUT2D eigenvalue weighted by Crippen LogP contribution is 2.29. The first-order valence-corrected chi connectivity index (χ1v) is 7.25. The van der Waals surface area contributed by atoms with Crippen molar-refractivity contribution >= 4 is 0 Å². The van der Waals surface area contributed by atoms with Gasteiger partial charge in [-0.15, -0.1) is 0 Å². The Labute approximate surface area is 140 Å². The van der Waals surface area contributed by atoms with Gasteiger partial charge in [-0.2, -0.15) is 18.2 Å². The maximum Gasteiger partial charge on any atom is 0.471 e. The molecule has 130 valence electrons. The van der Waals surface area contributed by atoms with E-state index in [4.69, 9.17) is 4.74 Å². The van der Waals surface area contributed by atoms with Crippen molar-refractivity contribution in [3.05, 3.63) is 53.3 Å². The fourth-order valence-corrected chi connectivity index (χ4v) is 2.23. The van der Waals surface area contributed by atoms with Crippen LogP contribution < -0.4 is 4.74 Å². The fourth-order valence-electron chi connectivity index (χ4n) is 2.23. The zero-order valence-corrected chi connectivity index (χ0v) is 13.3.